The van der Waals surface area contributed by atoms with E-state index in [-0.39, 0.29) is 23.5 Å². The molecule has 1 aromatic rings. The molecule has 0 aromatic carbocycles. The normalized spacial score (nSPS) is 14.6. The zero-order chi connectivity index (χ0) is 8.55. The standard InChI is InChI=1S/C6H4ClN3O2/c7-3-1-8-6-5(9-3)10-4(11)2-12-6/h1H,2H2,(H,9,10,11). The predicted molar refractivity (Wildman–Crippen MR) is 41.2 cm³/mol. The number of rotatable bonds is 0. The Morgan fingerprint density at radius 1 is 1.67 bits per heavy atom. The highest BCUT2D eigenvalue weighted by atomic mass is 35.5. The molecule has 62 valence electrons. The second-order valence-electron chi connectivity index (χ2n) is 2.18. The first-order valence-electron chi connectivity index (χ1n) is 3.21. The number of hydrogen-bond acceptors (Lipinski definition) is 4. The van der Waals surface area contributed by atoms with Gasteiger partial charge in [0.15, 0.2) is 12.4 Å². The Labute approximate surface area is 72.7 Å². The summed E-state index contributed by atoms with van der Waals surface area (Å²) in [4.78, 5) is 18.4. The summed E-state index contributed by atoms with van der Waals surface area (Å²) in [6.45, 7) is -0.0245. The Morgan fingerprint density at radius 2 is 2.50 bits per heavy atom. The monoisotopic (exact) mass is 185 g/mol. The van der Waals surface area contributed by atoms with E-state index in [4.69, 9.17) is 16.3 Å². The Balaban J connectivity index is 2.44. The quantitative estimate of drug-likeness (QED) is 0.638. The molecule has 0 bridgehead atoms. The molecule has 12 heavy (non-hydrogen) atoms. The summed E-state index contributed by atoms with van der Waals surface area (Å²) in [5.41, 5.74) is 0. The summed E-state index contributed by atoms with van der Waals surface area (Å²) in [5, 5.41) is 2.70. The van der Waals surface area contributed by atoms with Gasteiger partial charge in [0.1, 0.15) is 5.15 Å². The van der Waals surface area contributed by atoms with Gasteiger partial charge in [-0.3, -0.25) is 4.79 Å². The van der Waals surface area contributed by atoms with Crippen molar-refractivity contribution in [2.24, 2.45) is 0 Å². The molecule has 6 heteroatoms. The van der Waals surface area contributed by atoms with Crippen LogP contribution < -0.4 is 10.1 Å². The predicted octanol–water partition coefficient (Wildman–Crippen LogP) is 0.461. The highest BCUT2D eigenvalue weighted by Crippen LogP contribution is 2.23. The van der Waals surface area contributed by atoms with Crippen LogP contribution >= 0.6 is 11.6 Å². The second-order valence-corrected chi connectivity index (χ2v) is 2.57. The van der Waals surface area contributed by atoms with Gasteiger partial charge in [0.2, 0.25) is 0 Å². The number of nitrogens with zero attached hydrogens (tertiary/aromatic N) is 2. The zero-order valence-electron chi connectivity index (χ0n) is 5.87. The Kier molecular flexibility index (Phi) is 1.58. The van der Waals surface area contributed by atoms with Crippen LogP contribution in [0.15, 0.2) is 6.20 Å². The lowest BCUT2D eigenvalue weighted by Gasteiger charge is -2.14. The minimum atomic E-state index is -0.251. The summed E-state index contributed by atoms with van der Waals surface area (Å²) in [6.07, 6.45) is 1.36. The molecule has 2 heterocycles. The van der Waals surface area contributed by atoms with Crippen molar-refractivity contribution in [2.45, 2.75) is 0 Å². The first kappa shape index (κ1) is 7.30. The molecule has 5 nitrogen and oxygen atoms in total. The van der Waals surface area contributed by atoms with Crippen LogP contribution in [0.3, 0.4) is 0 Å². The Bertz CT molecular complexity index is 342. The number of amides is 1. The summed E-state index contributed by atoms with van der Waals surface area (Å²) < 4.78 is 4.95. The molecule has 0 atom stereocenters. The Hall–Kier alpha value is -1.36. The molecule has 0 saturated carbocycles. The maximum atomic E-state index is 10.8. The molecule has 1 aromatic heterocycles. The van der Waals surface area contributed by atoms with Gasteiger partial charge in [-0.2, -0.15) is 0 Å². The average Bonchev–Trinajstić information content (AvgIpc) is 2.03. The number of halogens is 1. The van der Waals surface area contributed by atoms with Crippen LogP contribution in [-0.4, -0.2) is 22.5 Å². The van der Waals surface area contributed by atoms with Crippen molar-refractivity contribution in [1.82, 2.24) is 9.97 Å². The van der Waals surface area contributed by atoms with Crippen molar-refractivity contribution in [3.8, 4) is 5.88 Å². The number of hydrogen-bond donors (Lipinski definition) is 1. The van der Waals surface area contributed by atoms with Gasteiger partial charge in [0, 0.05) is 0 Å². The van der Waals surface area contributed by atoms with Crippen molar-refractivity contribution < 1.29 is 9.53 Å². The molecule has 0 unspecified atom stereocenters. The van der Waals surface area contributed by atoms with E-state index in [2.05, 4.69) is 15.3 Å². The molecule has 0 saturated heterocycles. The van der Waals surface area contributed by atoms with Gasteiger partial charge in [-0.1, -0.05) is 11.6 Å². The van der Waals surface area contributed by atoms with E-state index in [0.717, 1.165) is 0 Å². The number of fused-ring (bicyclic) bond motifs is 1. The van der Waals surface area contributed by atoms with Gasteiger partial charge in [0.25, 0.3) is 11.8 Å². The first-order chi connectivity index (χ1) is 5.75. The van der Waals surface area contributed by atoms with Crippen molar-refractivity contribution >= 4 is 23.3 Å². The molecular formula is C6H4ClN3O2. The zero-order valence-corrected chi connectivity index (χ0v) is 6.63. The maximum absolute atomic E-state index is 10.8. The van der Waals surface area contributed by atoms with Crippen LogP contribution in [0, 0.1) is 0 Å². The minimum absolute atomic E-state index is 0.0245. The largest absolute Gasteiger partial charge is 0.465 e. The third kappa shape index (κ3) is 1.18. The lowest BCUT2D eigenvalue weighted by Crippen LogP contribution is -2.26. The summed E-state index contributed by atoms with van der Waals surface area (Å²) in [5.74, 6) is 0.330. The molecule has 1 amide bonds. The fraction of sp³-hybridized carbons (Fsp3) is 0.167. The number of aromatic nitrogens is 2. The average molecular weight is 186 g/mol. The van der Waals surface area contributed by atoms with E-state index in [1.807, 2.05) is 0 Å². The molecule has 0 fully saturated rings. The third-order valence-electron chi connectivity index (χ3n) is 1.31. The molecule has 1 N–H and O–H groups in total. The fourth-order valence-electron chi connectivity index (χ4n) is 0.846. The van der Waals surface area contributed by atoms with Crippen LogP contribution in [0.1, 0.15) is 0 Å². The highest BCUT2D eigenvalue weighted by Gasteiger charge is 2.18. The smallest absolute Gasteiger partial charge is 0.263 e. The van der Waals surface area contributed by atoms with Gasteiger partial charge >= 0.3 is 0 Å². The summed E-state index contributed by atoms with van der Waals surface area (Å²) >= 11 is 5.54. The number of nitrogens with one attached hydrogen (secondary N) is 1. The molecule has 0 radical (unpaired) electrons. The lowest BCUT2D eigenvalue weighted by molar-refractivity contribution is -0.118. The SMILES string of the molecule is O=C1COc2ncc(Cl)nc2N1. The summed E-state index contributed by atoms with van der Waals surface area (Å²) in [6, 6.07) is 0. The van der Waals surface area contributed by atoms with Gasteiger partial charge in [-0.25, -0.2) is 9.97 Å². The maximum Gasteiger partial charge on any atom is 0.263 e. The first-order valence-corrected chi connectivity index (χ1v) is 3.59. The van der Waals surface area contributed by atoms with E-state index >= 15 is 0 Å². The number of ether oxygens (including phenoxy) is 1. The highest BCUT2D eigenvalue weighted by molar-refractivity contribution is 6.29. The van der Waals surface area contributed by atoms with E-state index < -0.39 is 0 Å². The van der Waals surface area contributed by atoms with Crippen LogP contribution in [0.2, 0.25) is 5.15 Å². The van der Waals surface area contributed by atoms with Crippen molar-refractivity contribution in [1.29, 1.82) is 0 Å². The molecule has 0 spiro atoms. The van der Waals surface area contributed by atoms with Crippen molar-refractivity contribution in [3.05, 3.63) is 11.3 Å². The van der Waals surface area contributed by atoms with E-state index in [0.29, 0.717) is 5.88 Å². The fourth-order valence-corrected chi connectivity index (χ4v) is 0.979. The molecule has 1 aliphatic heterocycles. The van der Waals surface area contributed by atoms with Crippen molar-refractivity contribution in [2.75, 3.05) is 11.9 Å². The van der Waals surface area contributed by atoms with E-state index in [9.17, 15) is 4.79 Å². The number of carbonyl (C=O) groups excluding carboxylic acids is 1. The molecule has 2 rings (SSSR count). The van der Waals surface area contributed by atoms with Crippen LogP contribution in [-0.2, 0) is 4.79 Å². The van der Waals surface area contributed by atoms with Gasteiger partial charge < -0.3 is 10.1 Å². The number of anilines is 1. The van der Waals surface area contributed by atoms with Crippen LogP contribution in [0.4, 0.5) is 5.82 Å². The summed E-state index contributed by atoms with van der Waals surface area (Å²) in [7, 11) is 0. The topological polar surface area (TPSA) is 64.1 Å². The van der Waals surface area contributed by atoms with Gasteiger partial charge in [-0.05, 0) is 0 Å². The second kappa shape index (κ2) is 2.60. The van der Waals surface area contributed by atoms with Crippen molar-refractivity contribution in [3.63, 3.8) is 0 Å². The number of carbonyl (C=O) groups is 1. The molecule has 0 aliphatic carbocycles. The third-order valence-corrected chi connectivity index (χ3v) is 1.49. The molecule has 1 aliphatic rings. The van der Waals surface area contributed by atoms with Crippen LogP contribution in [0.5, 0.6) is 5.88 Å². The van der Waals surface area contributed by atoms with E-state index in [1.54, 1.807) is 0 Å². The Morgan fingerprint density at radius 3 is 3.33 bits per heavy atom. The minimum Gasteiger partial charge on any atom is -0.465 e. The lowest BCUT2D eigenvalue weighted by atomic mass is 10.5. The van der Waals surface area contributed by atoms with Gasteiger partial charge in [-0.15, -0.1) is 0 Å². The van der Waals surface area contributed by atoms with E-state index in [1.165, 1.54) is 6.20 Å². The van der Waals surface area contributed by atoms with Crippen LogP contribution in [0.25, 0.3) is 0 Å². The van der Waals surface area contributed by atoms with Gasteiger partial charge in [0.05, 0.1) is 6.20 Å². The molecular weight excluding hydrogens is 182 g/mol.